The molecule has 174 valence electrons. The van der Waals surface area contributed by atoms with E-state index in [0.717, 1.165) is 34.9 Å². The van der Waals surface area contributed by atoms with Crippen LogP contribution in [-0.2, 0) is 16.1 Å². The smallest absolute Gasteiger partial charge is 0.410 e. The normalized spacial score (nSPS) is 18.8. The molecule has 1 aromatic heterocycles. The fraction of sp³-hybridized carbons (Fsp3) is 0.407. The van der Waals surface area contributed by atoms with Crippen molar-refractivity contribution in [3.8, 4) is 0 Å². The second-order valence-electron chi connectivity index (χ2n) is 9.78. The van der Waals surface area contributed by atoms with Gasteiger partial charge < -0.3 is 19.4 Å². The molecule has 2 atom stereocenters. The number of hydrogen-bond acceptors (Lipinski definition) is 4. The molecule has 2 unspecified atom stereocenters. The zero-order valence-electron chi connectivity index (χ0n) is 19.8. The number of nitrogens with zero attached hydrogens (tertiary/aromatic N) is 1. The Morgan fingerprint density at radius 3 is 2.45 bits per heavy atom. The Kier molecular flexibility index (Phi) is 6.45. The van der Waals surface area contributed by atoms with Crippen LogP contribution in [0.15, 0.2) is 54.6 Å². The van der Waals surface area contributed by atoms with Crippen molar-refractivity contribution in [2.75, 3.05) is 6.54 Å². The van der Waals surface area contributed by atoms with Gasteiger partial charge in [-0.3, -0.25) is 0 Å². The molecule has 1 aliphatic heterocycles. The zero-order valence-corrected chi connectivity index (χ0v) is 19.8. The van der Waals surface area contributed by atoms with Crippen LogP contribution < -0.4 is 0 Å². The van der Waals surface area contributed by atoms with Gasteiger partial charge in [0.1, 0.15) is 17.9 Å². The Morgan fingerprint density at radius 1 is 1.03 bits per heavy atom. The van der Waals surface area contributed by atoms with Gasteiger partial charge in [-0.1, -0.05) is 48.5 Å². The third-order valence-corrected chi connectivity index (χ3v) is 6.08. The number of likely N-dealkylation sites (tertiary alicyclic amines) is 1. The van der Waals surface area contributed by atoms with Crippen LogP contribution in [0.3, 0.4) is 0 Å². The number of amides is 1. The standard InChI is InChI=1S/C27H32N2O4/c1-18-14-15-20(16-29(18)26(31)32-17-19-10-6-5-7-11-19)23-21-12-8-9-13-22(21)28-24(23)25(30)33-27(2,3)4/h5-13,18,20,28H,14-17H2,1-4H3. The number of carbonyl (C=O) groups excluding carboxylic acids is 2. The van der Waals surface area contributed by atoms with Crippen LogP contribution in [0.2, 0.25) is 0 Å². The first-order chi connectivity index (χ1) is 15.7. The summed E-state index contributed by atoms with van der Waals surface area (Å²) in [4.78, 5) is 31.1. The number of ether oxygens (including phenoxy) is 2. The molecule has 1 aliphatic rings. The summed E-state index contributed by atoms with van der Waals surface area (Å²) >= 11 is 0. The average molecular weight is 449 g/mol. The number of esters is 1. The van der Waals surface area contributed by atoms with E-state index in [4.69, 9.17) is 9.47 Å². The minimum atomic E-state index is -0.597. The van der Waals surface area contributed by atoms with Crippen LogP contribution in [0.1, 0.15) is 68.1 Å². The van der Waals surface area contributed by atoms with Crippen molar-refractivity contribution in [1.82, 2.24) is 9.88 Å². The minimum absolute atomic E-state index is 0.00384. The number of aromatic nitrogens is 1. The van der Waals surface area contributed by atoms with Crippen LogP contribution in [0.5, 0.6) is 0 Å². The number of H-pyrrole nitrogens is 1. The van der Waals surface area contributed by atoms with Crippen LogP contribution in [0.25, 0.3) is 10.9 Å². The number of hydrogen-bond donors (Lipinski definition) is 1. The van der Waals surface area contributed by atoms with E-state index in [0.29, 0.717) is 12.2 Å². The van der Waals surface area contributed by atoms with Gasteiger partial charge in [0.05, 0.1) is 0 Å². The van der Waals surface area contributed by atoms with Crippen LogP contribution in [0, 0.1) is 0 Å². The number of nitrogens with one attached hydrogen (secondary N) is 1. The van der Waals surface area contributed by atoms with Crippen LogP contribution in [0.4, 0.5) is 4.79 Å². The van der Waals surface area contributed by atoms with Gasteiger partial charge in [-0.05, 0) is 57.7 Å². The molecular formula is C27H32N2O4. The maximum atomic E-state index is 13.1. The van der Waals surface area contributed by atoms with E-state index in [2.05, 4.69) is 4.98 Å². The highest BCUT2D eigenvalue weighted by Crippen LogP contribution is 2.37. The summed E-state index contributed by atoms with van der Waals surface area (Å²) in [6.45, 7) is 8.36. The fourth-order valence-electron chi connectivity index (χ4n) is 4.48. The predicted octanol–water partition coefficient (Wildman–Crippen LogP) is 6.03. The van der Waals surface area contributed by atoms with Gasteiger partial charge in [-0.15, -0.1) is 0 Å². The second kappa shape index (κ2) is 9.30. The molecule has 2 heterocycles. The van der Waals surface area contributed by atoms with E-state index in [1.54, 1.807) is 4.90 Å². The second-order valence-corrected chi connectivity index (χ2v) is 9.78. The molecule has 33 heavy (non-hydrogen) atoms. The van der Waals surface area contributed by atoms with E-state index >= 15 is 0 Å². The molecule has 2 aromatic carbocycles. The van der Waals surface area contributed by atoms with Gasteiger partial charge in [0, 0.05) is 29.4 Å². The van der Waals surface area contributed by atoms with Gasteiger partial charge in [0.25, 0.3) is 0 Å². The monoisotopic (exact) mass is 448 g/mol. The Labute approximate surface area is 194 Å². The highest BCUT2D eigenvalue weighted by molar-refractivity contribution is 5.99. The number of aromatic amines is 1. The molecule has 6 nitrogen and oxygen atoms in total. The number of benzene rings is 2. The molecule has 4 rings (SSSR count). The highest BCUT2D eigenvalue weighted by Gasteiger charge is 2.35. The predicted molar refractivity (Wildman–Crippen MR) is 128 cm³/mol. The molecule has 1 amide bonds. The molecule has 6 heteroatoms. The largest absolute Gasteiger partial charge is 0.455 e. The molecule has 3 aromatic rings. The van der Waals surface area contributed by atoms with Crippen molar-refractivity contribution >= 4 is 23.0 Å². The Hall–Kier alpha value is -3.28. The van der Waals surface area contributed by atoms with Gasteiger partial charge in [0.2, 0.25) is 0 Å². The summed E-state index contributed by atoms with van der Waals surface area (Å²) in [5.74, 6) is -0.366. The van der Waals surface area contributed by atoms with Crippen molar-refractivity contribution in [3.05, 3.63) is 71.4 Å². The van der Waals surface area contributed by atoms with Gasteiger partial charge >= 0.3 is 12.1 Å². The molecule has 0 aliphatic carbocycles. The third kappa shape index (κ3) is 5.21. The lowest BCUT2D eigenvalue weighted by molar-refractivity contribution is 0.00615. The van der Waals surface area contributed by atoms with E-state index in [1.165, 1.54) is 0 Å². The maximum Gasteiger partial charge on any atom is 0.410 e. The maximum absolute atomic E-state index is 13.1. The van der Waals surface area contributed by atoms with Crippen molar-refractivity contribution in [2.24, 2.45) is 0 Å². The van der Waals surface area contributed by atoms with Gasteiger partial charge in [-0.2, -0.15) is 0 Å². The van der Waals surface area contributed by atoms with Crippen molar-refractivity contribution < 1.29 is 19.1 Å². The highest BCUT2D eigenvalue weighted by atomic mass is 16.6. The van der Waals surface area contributed by atoms with Crippen molar-refractivity contribution in [3.63, 3.8) is 0 Å². The lowest BCUT2D eigenvalue weighted by Crippen LogP contribution is -2.45. The SMILES string of the molecule is CC1CCC(c2c(C(=O)OC(C)(C)C)[nH]c3ccccc23)CN1C(=O)OCc1ccccc1. The summed E-state index contributed by atoms with van der Waals surface area (Å²) in [6.07, 6.45) is 1.38. The first-order valence-corrected chi connectivity index (χ1v) is 11.5. The fourth-order valence-corrected chi connectivity index (χ4v) is 4.48. The van der Waals surface area contributed by atoms with Gasteiger partial charge in [-0.25, -0.2) is 9.59 Å². The van der Waals surface area contributed by atoms with Crippen LogP contribution >= 0.6 is 0 Å². The average Bonchev–Trinajstić information content (AvgIpc) is 3.17. The van der Waals surface area contributed by atoms with Crippen molar-refractivity contribution in [1.29, 1.82) is 0 Å². The molecule has 1 N–H and O–H groups in total. The van der Waals surface area contributed by atoms with Crippen molar-refractivity contribution in [2.45, 2.75) is 64.7 Å². The quantitative estimate of drug-likeness (QED) is 0.495. The summed E-state index contributed by atoms with van der Waals surface area (Å²) in [5, 5.41) is 0.996. The molecular weight excluding hydrogens is 416 g/mol. The lowest BCUT2D eigenvalue weighted by atomic mass is 9.86. The number of rotatable bonds is 4. The first-order valence-electron chi connectivity index (χ1n) is 11.5. The first kappa shape index (κ1) is 22.9. The Bertz CT molecular complexity index is 1130. The molecule has 0 saturated carbocycles. The number of piperidine rings is 1. The van der Waals surface area contributed by atoms with Crippen LogP contribution in [-0.4, -0.2) is 40.1 Å². The van der Waals surface area contributed by atoms with E-state index < -0.39 is 5.60 Å². The topological polar surface area (TPSA) is 71.6 Å². The molecule has 1 fully saturated rings. The Balaban J connectivity index is 1.59. The lowest BCUT2D eigenvalue weighted by Gasteiger charge is -2.37. The molecule has 0 spiro atoms. The number of carbonyl (C=O) groups is 2. The molecule has 0 bridgehead atoms. The summed E-state index contributed by atoms with van der Waals surface area (Å²) < 4.78 is 11.3. The third-order valence-electron chi connectivity index (χ3n) is 6.08. The number of para-hydroxylation sites is 1. The van der Waals surface area contributed by atoms with Gasteiger partial charge in [0.15, 0.2) is 0 Å². The summed E-state index contributed by atoms with van der Waals surface area (Å²) in [7, 11) is 0. The van der Waals surface area contributed by atoms with E-state index in [9.17, 15) is 9.59 Å². The zero-order chi connectivity index (χ0) is 23.6. The summed E-state index contributed by atoms with van der Waals surface area (Å²) in [5.41, 5.74) is 2.65. The minimum Gasteiger partial charge on any atom is -0.455 e. The summed E-state index contributed by atoms with van der Waals surface area (Å²) in [6, 6.07) is 17.6. The van der Waals surface area contributed by atoms with E-state index in [-0.39, 0.29) is 30.6 Å². The number of fused-ring (bicyclic) bond motifs is 1. The Morgan fingerprint density at radius 2 is 1.73 bits per heavy atom. The molecule has 1 saturated heterocycles. The molecule has 0 radical (unpaired) electrons. The van der Waals surface area contributed by atoms with E-state index in [1.807, 2.05) is 82.3 Å².